The van der Waals surface area contributed by atoms with Gasteiger partial charge in [-0.3, -0.25) is 4.99 Å². The van der Waals surface area contributed by atoms with Crippen LogP contribution in [-0.2, 0) is 0 Å². The quantitative estimate of drug-likeness (QED) is 0.578. The van der Waals surface area contributed by atoms with Gasteiger partial charge >= 0.3 is 0 Å². The molecule has 1 aliphatic heterocycles. The molecule has 0 amide bonds. The standard InChI is InChI=1S/C10H19N/c1-4-10(5-2)7-6-8-11-9(10)3/h4-8H2,1-3H3. The fourth-order valence-electron chi connectivity index (χ4n) is 2.13. The Hall–Kier alpha value is -0.330. The van der Waals surface area contributed by atoms with E-state index < -0.39 is 0 Å². The van der Waals surface area contributed by atoms with Crippen molar-refractivity contribution >= 4 is 5.71 Å². The molecular formula is C10H19N. The monoisotopic (exact) mass is 153 g/mol. The second-order valence-electron chi connectivity index (χ2n) is 3.56. The van der Waals surface area contributed by atoms with Crippen molar-refractivity contribution < 1.29 is 0 Å². The predicted octanol–water partition coefficient (Wildman–Crippen LogP) is 3.05. The van der Waals surface area contributed by atoms with Gasteiger partial charge in [-0.1, -0.05) is 13.8 Å². The highest BCUT2D eigenvalue weighted by Gasteiger charge is 2.30. The van der Waals surface area contributed by atoms with Crippen LogP contribution in [0.1, 0.15) is 46.5 Å². The van der Waals surface area contributed by atoms with Crippen molar-refractivity contribution in [1.29, 1.82) is 0 Å². The van der Waals surface area contributed by atoms with Crippen LogP contribution in [-0.4, -0.2) is 12.3 Å². The van der Waals surface area contributed by atoms with Crippen molar-refractivity contribution in [2.45, 2.75) is 46.5 Å². The Kier molecular flexibility index (Phi) is 2.69. The molecule has 1 rings (SSSR count). The molecule has 0 aromatic heterocycles. The topological polar surface area (TPSA) is 12.4 Å². The molecule has 0 saturated heterocycles. The molecule has 0 saturated carbocycles. The fourth-order valence-corrected chi connectivity index (χ4v) is 2.13. The van der Waals surface area contributed by atoms with E-state index in [9.17, 15) is 0 Å². The minimum atomic E-state index is 0.470. The van der Waals surface area contributed by atoms with Crippen molar-refractivity contribution in [3.8, 4) is 0 Å². The molecule has 1 heterocycles. The van der Waals surface area contributed by atoms with Gasteiger partial charge in [0.1, 0.15) is 0 Å². The normalized spacial score (nSPS) is 23.0. The van der Waals surface area contributed by atoms with E-state index in [-0.39, 0.29) is 0 Å². The predicted molar refractivity (Wildman–Crippen MR) is 50.2 cm³/mol. The SMILES string of the molecule is CCC1(CC)CCCN=C1C. The molecule has 0 radical (unpaired) electrons. The van der Waals surface area contributed by atoms with Crippen LogP contribution in [0.4, 0.5) is 0 Å². The van der Waals surface area contributed by atoms with Crippen LogP contribution in [0.3, 0.4) is 0 Å². The van der Waals surface area contributed by atoms with Crippen molar-refractivity contribution in [1.82, 2.24) is 0 Å². The van der Waals surface area contributed by atoms with Gasteiger partial charge in [-0.15, -0.1) is 0 Å². The Labute approximate surface area is 69.9 Å². The molecule has 0 bridgehead atoms. The Morgan fingerprint density at radius 1 is 1.36 bits per heavy atom. The maximum absolute atomic E-state index is 4.54. The zero-order chi connectivity index (χ0) is 8.32. The van der Waals surface area contributed by atoms with Crippen LogP contribution in [0.15, 0.2) is 4.99 Å². The summed E-state index contributed by atoms with van der Waals surface area (Å²) in [6, 6.07) is 0. The number of hydrogen-bond donors (Lipinski definition) is 0. The maximum atomic E-state index is 4.54. The summed E-state index contributed by atoms with van der Waals surface area (Å²) >= 11 is 0. The molecule has 0 fully saturated rings. The molecule has 0 atom stereocenters. The zero-order valence-corrected chi connectivity index (χ0v) is 7.98. The van der Waals surface area contributed by atoms with E-state index in [1.54, 1.807) is 0 Å². The summed E-state index contributed by atoms with van der Waals surface area (Å²) in [4.78, 5) is 4.54. The number of hydrogen-bond acceptors (Lipinski definition) is 1. The van der Waals surface area contributed by atoms with E-state index in [1.165, 1.54) is 31.4 Å². The third-order valence-corrected chi connectivity index (χ3v) is 3.28. The average molecular weight is 153 g/mol. The van der Waals surface area contributed by atoms with E-state index in [2.05, 4.69) is 25.8 Å². The van der Waals surface area contributed by atoms with Crippen LogP contribution in [0.5, 0.6) is 0 Å². The minimum Gasteiger partial charge on any atom is -0.294 e. The molecule has 0 aromatic carbocycles. The molecule has 0 aliphatic carbocycles. The van der Waals surface area contributed by atoms with E-state index in [0.717, 1.165) is 6.54 Å². The molecule has 1 aliphatic rings. The van der Waals surface area contributed by atoms with Gasteiger partial charge in [-0.25, -0.2) is 0 Å². The molecule has 1 heteroatoms. The summed E-state index contributed by atoms with van der Waals surface area (Å²) in [6.45, 7) is 7.83. The third-order valence-electron chi connectivity index (χ3n) is 3.28. The molecule has 0 aromatic rings. The van der Waals surface area contributed by atoms with Gasteiger partial charge in [0.05, 0.1) is 0 Å². The summed E-state index contributed by atoms with van der Waals surface area (Å²) in [7, 11) is 0. The van der Waals surface area contributed by atoms with E-state index in [4.69, 9.17) is 0 Å². The lowest BCUT2D eigenvalue weighted by atomic mass is 9.73. The molecule has 0 spiro atoms. The first-order valence-corrected chi connectivity index (χ1v) is 4.76. The summed E-state index contributed by atoms with van der Waals surface area (Å²) in [5.74, 6) is 0. The number of aliphatic imine (C=N–C) groups is 1. The lowest BCUT2D eigenvalue weighted by Gasteiger charge is -2.34. The summed E-state index contributed by atoms with van der Waals surface area (Å²) < 4.78 is 0. The largest absolute Gasteiger partial charge is 0.294 e. The van der Waals surface area contributed by atoms with Gasteiger partial charge in [0.2, 0.25) is 0 Å². The van der Waals surface area contributed by atoms with E-state index >= 15 is 0 Å². The highest BCUT2D eigenvalue weighted by atomic mass is 14.8. The Balaban J connectivity index is 2.79. The second-order valence-corrected chi connectivity index (χ2v) is 3.56. The Morgan fingerprint density at radius 3 is 2.36 bits per heavy atom. The lowest BCUT2D eigenvalue weighted by Crippen LogP contribution is -2.31. The highest BCUT2D eigenvalue weighted by molar-refractivity contribution is 5.88. The van der Waals surface area contributed by atoms with Gasteiger partial charge in [0.15, 0.2) is 0 Å². The Bertz CT molecular complexity index is 154. The third kappa shape index (κ3) is 1.47. The number of rotatable bonds is 2. The van der Waals surface area contributed by atoms with Crippen LogP contribution < -0.4 is 0 Å². The second kappa shape index (κ2) is 3.38. The van der Waals surface area contributed by atoms with Crippen LogP contribution in [0, 0.1) is 5.41 Å². The van der Waals surface area contributed by atoms with Gasteiger partial charge in [-0.2, -0.15) is 0 Å². The van der Waals surface area contributed by atoms with Gasteiger partial charge in [0.25, 0.3) is 0 Å². The van der Waals surface area contributed by atoms with Gasteiger partial charge < -0.3 is 0 Å². The molecule has 11 heavy (non-hydrogen) atoms. The van der Waals surface area contributed by atoms with Crippen LogP contribution >= 0.6 is 0 Å². The Morgan fingerprint density at radius 2 is 2.00 bits per heavy atom. The molecule has 64 valence electrons. The fraction of sp³-hybridized carbons (Fsp3) is 0.900. The van der Waals surface area contributed by atoms with Crippen molar-refractivity contribution in [2.75, 3.05) is 6.54 Å². The minimum absolute atomic E-state index is 0.470. The first-order chi connectivity index (χ1) is 5.25. The molecule has 0 unspecified atom stereocenters. The number of nitrogens with zero attached hydrogens (tertiary/aromatic N) is 1. The summed E-state index contributed by atoms with van der Waals surface area (Å²) in [6.07, 6.45) is 5.17. The average Bonchev–Trinajstić information content (AvgIpc) is 2.06. The van der Waals surface area contributed by atoms with Crippen LogP contribution in [0.2, 0.25) is 0 Å². The van der Waals surface area contributed by atoms with Gasteiger partial charge in [0, 0.05) is 17.7 Å². The van der Waals surface area contributed by atoms with E-state index in [0.29, 0.717) is 5.41 Å². The molecular weight excluding hydrogens is 134 g/mol. The smallest absolute Gasteiger partial charge is 0.0389 e. The molecule has 1 nitrogen and oxygen atoms in total. The lowest BCUT2D eigenvalue weighted by molar-refractivity contribution is 0.334. The zero-order valence-electron chi connectivity index (χ0n) is 7.98. The van der Waals surface area contributed by atoms with Crippen LogP contribution in [0.25, 0.3) is 0 Å². The van der Waals surface area contributed by atoms with E-state index in [1.807, 2.05) is 0 Å². The first kappa shape index (κ1) is 8.76. The molecule has 0 N–H and O–H groups in total. The van der Waals surface area contributed by atoms with Crippen molar-refractivity contribution in [2.24, 2.45) is 10.4 Å². The first-order valence-electron chi connectivity index (χ1n) is 4.76. The highest BCUT2D eigenvalue weighted by Crippen LogP contribution is 2.36. The summed E-state index contributed by atoms with van der Waals surface area (Å²) in [5, 5.41) is 0. The maximum Gasteiger partial charge on any atom is 0.0389 e. The van der Waals surface area contributed by atoms with Crippen molar-refractivity contribution in [3.63, 3.8) is 0 Å². The summed E-state index contributed by atoms with van der Waals surface area (Å²) in [5.41, 5.74) is 1.87. The van der Waals surface area contributed by atoms with Gasteiger partial charge in [-0.05, 0) is 32.6 Å². The van der Waals surface area contributed by atoms with Crippen molar-refractivity contribution in [3.05, 3.63) is 0 Å².